The van der Waals surface area contributed by atoms with Gasteiger partial charge in [-0.15, -0.1) is 0 Å². The molecule has 0 radical (unpaired) electrons. The first kappa shape index (κ1) is 23.4. The molecule has 0 saturated heterocycles. The standard InChI is InChI=1S/C20H37N3O4/c1-12(2)11-15(20(26)27)23(5)19(25)17(13(3)4)22-18(24)16(21)14-9-7-6-8-10-14/h12-17H,6-11,21H2,1-5H3,(H,22,24)(H,26,27)/t15-,16-,17-/m1/s1. The first-order valence-corrected chi connectivity index (χ1v) is 10.1. The minimum Gasteiger partial charge on any atom is -0.480 e. The highest BCUT2D eigenvalue weighted by Gasteiger charge is 2.35. The van der Waals surface area contributed by atoms with Crippen molar-refractivity contribution >= 4 is 17.8 Å². The Morgan fingerprint density at radius 3 is 2.11 bits per heavy atom. The van der Waals surface area contributed by atoms with Crippen LogP contribution < -0.4 is 11.1 Å². The number of nitrogens with two attached hydrogens (primary N) is 1. The van der Waals surface area contributed by atoms with Crippen LogP contribution in [0.15, 0.2) is 0 Å². The third kappa shape index (κ3) is 6.79. The molecule has 27 heavy (non-hydrogen) atoms. The van der Waals surface area contributed by atoms with Crippen LogP contribution in [0.5, 0.6) is 0 Å². The Morgan fingerprint density at radius 1 is 1.11 bits per heavy atom. The van der Waals surface area contributed by atoms with Crippen LogP contribution in [0.3, 0.4) is 0 Å². The van der Waals surface area contributed by atoms with Crippen molar-refractivity contribution in [3.05, 3.63) is 0 Å². The summed E-state index contributed by atoms with van der Waals surface area (Å²) < 4.78 is 0. The van der Waals surface area contributed by atoms with Gasteiger partial charge in [-0.25, -0.2) is 4.79 Å². The van der Waals surface area contributed by atoms with E-state index in [2.05, 4.69) is 5.32 Å². The summed E-state index contributed by atoms with van der Waals surface area (Å²) in [7, 11) is 1.49. The Bertz CT molecular complexity index is 515. The SMILES string of the molecule is CC(C)C[C@H](C(=O)O)N(C)C(=O)[C@H](NC(=O)[C@H](N)C1CCCCC1)C(C)C. The van der Waals surface area contributed by atoms with Gasteiger partial charge in [0.1, 0.15) is 12.1 Å². The van der Waals surface area contributed by atoms with Crippen LogP contribution in [0, 0.1) is 17.8 Å². The summed E-state index contributed by atoms with van der Waals surface area (Å²) in [6, 6.07) is -2.33. The van der Waals surface area contributed by atoms with E-state index in [9.17, 15) is 19.5 Å². The van der Waals surface area contributed by atoms with Gasteiger partial charge in [-0.05, 0) is 37.0 Å². The summed E-state index contributed by atoms with van der Waals surface area (Å²) in [5, 5.41) is 12.3. The monoisotopic (exact) mass is 383 g/mol. The molecule has 156 valence electrons. The molecular formula is C20H37N3O4. The van der Waals surface area contributed by atoms with E-state index in [1.54, 1.807) is 0 Å². The number of aliphatic carboxylic acids is 1. The van der Waals surface area contributed by atoms with Gasteiger partial charge >= 0.3 is 5.97 Å². The molecule has 4 N–H and O–H groups in total. The number of carboxylic acids is 1. The van der Waals surface area contributed by atoms with E-state index in [1.165, 1.54) is 18.4 Å². The fourth-order valence-corrected chi connectivity index (χ4v) is 3.71. The fourth-order valence-electron chi connectivity index (χ4n) is 3.71. The number of rotatable bonds is 9. The number of nitrogens with one attached hydrogen (secondary N) is 1. The molecule has 2 amide bonds. The van der Waals surface area contributed by atoms with Crippen molar-refractivity contribution in [2.45, 2.75) is 84.3 Å². The fraction of sp³-hybridized carbons (Fsp3) is 0.850. The number of nitrogens with zero attached hydrogens (tertiary/aromatic N) is 1. The first-order valence-electron chi connectivity index (χ1n) is 10.1. The molecular weight excluding hydrogens is 346 g/mol. The Kier molecular flexibility index (Phi) is 9.22. The van der Waals surface area contributed by atoms with Gasteiger partial charge in [-0.3, -0.25) is 9.59 Å². The van der Waals surface area contributed by atoms with Gasteiger partial charge in [-0.2, -0.15) is 0 Å². The zero-order valence-corrected chi connectivity index (χ0v) is 17.4. The van der Waals surface area contributed by atoms with E-state index >= 15 is 0 Å². The number of carbonyl (C=O) groups is 3. The molecule has 0 aromatic heterocycles. The highest BCUT2D eigenvalue weighted by molar-refractivity contribution is 5.92. The van der Waals surface area contributed by atoms with Crippen molar-refractivity contribution in [1.82, 2.24) is 10.2 Å². The number of hydrogen-bond acceptors (Lipinski definition) is 4. The first-order chi connectivity index (χ1) is 12.6. The molecule has 3 atom stereocenters. The van der Waals surface area contributed by atoms with Crippen LogP contribution in [0.25, 0.3) is 0 Å². The predicted molar refractivity (Wildman–Crippen MR) is 105 cm³/mol. The second-order valence-corrected chi connectivity index (χ2v) is 8.59. The number of likely N-dealkylation sites (N-methyl/N-ethyl adjacent to an activating group) is 1. The molecule has 1 aliphatic rings. The number of amides is 2. The highest BCUT2D eigenvalue weighted by atomic mass is 16.4. The van der Waals surface area contributed by atoms with Crippen molar-refractivity contribution in [2.24, 2.45) is 23.5 Å². The number of hydrogen-bond donors (Lipinski definition) is 3. The minimum absolute atomic E-state index is 0.133. The van der Waals surface area contributed by atoms with E-state index in [-0.39, 0.29) is 29.6 Å². The smallest absolute Gasteiger partial charge is 0.326 e. The summed E-state index contributed by atoms with van der Waals surface area (Å²) in [5.74, 6) is -1.64. The molecule has 0 aliphatic heterocycles. The van der Waals surface area contributed by atoms with E-state index in [0.717, 1.165) is 25.7 Å². The number of carboxylic acid groups (broad SMARTS) is 1. The third-order valence-corrected chi connectivity index (χ3v) is 5.49. The van der Waals surface area contributed by atoms with E-state index in [1.807, 2.05) is 27.7 Å². The van der Waals surface area contributed by atoms with E-state index in [4.69, 9.17) is 5.73 Å². The van der Waals surface area contributed by atoms with Crippen LogP contribution in [0.1, 0.15) is 66.2 Å². The van der Waals surface area contributed by atoms with Crippen LogP contribution >= 0.6 is 0 Å². The maximum absolute atomic E-state index is 13.0. The topological polar surface area (TPSA) is 113 Å². The maximum Gasteiger partial charge on any atom is 0.326 e. The van der Waals surface area contributed by atoms with Gasteiger partial charge in [0.15, 0.2) is 0 Å². The summed E-state index contributed by atoms with van der Waals surface area (Å²) in [6.07, 6.45) is 5.56. The largest absolute Gasteiger partial charge is 0.480 e. The maximum atomic E-state index is 13.0. The van der Waals surface area contributed by atoms with Gasteiger partial charge < -0.3 is 21.1 Å². The summed E-state index contributed by atoms with van der Waals surface area (Å²) >= 11 is 0. The molecule has 7 nitrogen and oxygen atoms in total. The normalized spacial score (nSPS) is 18.8. The zero-order chi connectivity index (χ0) is 20.7. The molecule has 1 fully saturated rings. The molecule has 1 rings (SSSR count). The average Bonchev–Trinajstić information content (AvgIpc) is 2.62. The van der Waals surface area contributed by atoms with Crippen molar-refractivity contribution < 1.29 is 19.5 Å². The van der Waals surface area contributed by atoms with Gasteiger partial charge in [0, 0.05) is 7.05 Å². The molecule has 1 saturated carbocycles. The molecule has 0 spiro atoms. The molecule has 7 heteroatoms. The molecule has 0 bridgehead atoms. The molecule has 0 aromatic rings. The molecule has 1 aliphatic carbocycles. The van der Waals surface area contributed by atoms with Gasteiger partial charge in [0.25, 0.3) is 0 Å². The van der Waals surface area contributed by atoms with Crippen LogP contribution in [0.4, 0.5) is 0 Å². The van der Waals surface area contributed by atoms with Gasteiger partial charge in [0.2, 0.25) is 11.8 Å². The Hall–Kier alpha value is -1.63. The van der Waals surface area contributed by atoms with Gasteiger partial charge in [-0.1, -0.05) is 47.0 Å². The molecule has 0 heterocycles. The quantitative estimate of drug-likeness (QED) is 0.563. The Morgan fingerprint density at radius 2 is 1.67 bits per heavy atom. The lowest BCUT2D eigenvalue weighted by Crippen LogP contribution is -2.57. The highest BCUT2D eigenvalue weighted by Crippen LogP contribution is 2.26. The predicted octanol–water partition coefficient (Wildman–Crippen LogP) is 1.99. The van der Waals surface area contributed by atoms with Crippen LogP contribution in [-0.2, 0) is 14.4 Å². The van der Waals surface area contributed by atoms with Crippen LogP contribution in [0.2, 0.25) is 0 Å². The van der Waals surface area contributed by atoms with Crippen molar-refractivity contribution in [1.29, 1.82) is 0 Å². The third-order valence-electron chi connectivity index (χ3n) is 5.49. The summed E-state index contributed by atoms with van der Waals surface area (Å²) in [6.45, 7) is 7.50. The lowest BCUT2D eigenvalue weighted by atomic mass is 9.83. The summed E-state index contributed by atoms with van der Waals surface area (Å²) in [5.41, 5.74) is 6.16. The molecule has 0 aromatic carbocycles. The Balaban J connectivity index is 2.84. The lowest BCUT2D eigenvalue weighted by molar-refractivity contribution is -0.151. The zero-order valence-electron chi connectivity index (χ0n) is 17.4. The molecule has 0 unspecified atom stereocenters. The van der Waals surface area contributed by atoms with E-state index in [0.29, 0.717) is 6.42 Å². The number of carbonyl (C=O) groups excluding carboxylic acids is 2. The summed E-state index contributed by atoms with van der Waals surface area (Å²) in [4.78, 5) is 38.5. The van der Waals surface area contributed by atoms with Crippen LogP contribution in [-0.4, -0.2) is 53.0 Å². The van der Waals surface area contributed by atoms with Crippen molar-refractivity contribution in [3.8, 4) is 0 Å². The van der Waals surface area contributed by atoms with E-state index < -0.39 is 24.1 Å². The van der Waals surface area contributed by atoms with Gasteiger partial charge in [0.05, 0.1) is 6.04 Å². The minimum atomic E-state index is -1.03. The Labute approximate surface area is 163 Å². The second-order valence-electron chi connectivity index (χ2n) is 8.59. The average molecular weight is 384 g/mol. The second kappa shape index (κ2) is 10.6. The van der Waals surface area contributed by atoms with Crippen molar-refractivity contribution in [3.63, 3.8) is 0 Å². The van der Waals surface area contributed by atoms with Crippen molar-refractivity contribution in [2.75, 3.05) is 7.05 Å². The lowest BCUT2D eigenvalue weighted by Gasteiger charge is -2.33.